The van der Waals surface area contributed by atoms with E-state index in [0.717, 1.165) is 18.2 Å². The van der Waals surface area contributed by atoms with Crippen molar-refractivity contribution < 1.29 is 56.3 Å². The minimum atomic E-state index is -5.21. The molecular formula is C21H20N6O13S4. The van der Waals surface area contributed by atoms with Crippen LogP contribution >= 0.6 is 0 Å². The molecule has 0 amide bonds. The lowest BCUT2D eigenvalue weighted by molar-refractivity contribution is 0.112. The molecule has 0 unspecified atom stereocenters. The Morgan fingerprint density at radius 1 is 0.727 bits per heavy atom. The van der Waals surface area contributed by atoms with Crippen molar-refractivity contribution in [1.29, 1.82) is 0 Å². The van der Waals surface area contributed by atoms with Crippen molar-refractivity contribution in [3.8, 4) is 0 Å². The molecule has 0 aliphatic rings. The molecule has 0 bridgehead atoms. The molecule has 0 fully saturated rings. The highest BCUT2D eigenvalue weighted by Crippen LogP contribution is 2.43. The first-order valence-electron chi connectivity index (χ1n) is 11.3. The van der Waals surface area contributed by atoms with Gasteiger partial charge in [-0.3, -0.25) is 18.5 Å². The van der Waals surface area contributed by atoms with Gasteiger partial charge in [-0.25, -0.2) is 12.6 Å². The van der Waals surface area contributed by atoms with E-state index in [9.17, 15) is 47.6 Å². The summed E-state index contributed by atoms with van der Waals surface area (Å²) in [6.07, 6.45) is 0.534. The SMILES string of the molecule is Nc1c(/N=N/c2cccc(C=O)c2)cc(S(=O)(=O)O)c(N)c1/N=N/c1ccc(S(=O)(=O)CCOS(=O)(=O)O)cc1S(=O)(=O)O. The highest BCUT2D eigenvalue weighted by atomic mass is 32.3. The number of carbonyl (C=O) groups is 1. The Hall–Kier alpha value is -4.23. The zero-order chi connectivity index (χ0) is 33.1. The third-order valence-electron chi connectivity index (χ3n) is 5.29. The normalized spacial score (nSPS) is 13.1. The monoisotopic (exact) mass is 692 g/mol. The van der Waals surface area contributed by atoms with Gasteiger partial charge in [0, 0.05) is 5.56 Å². The summed E-state index contributed by atoms with van der Waals surface area (Å²) in [6.45, 7) is -1.03. The zero-order valence-electron chi connectivity index (χ0n) is 21.6. The lowest BCUT2D eigenvalue weighted by Gasteiger charge is -2.11. The van der Waals surface area contributed by atoms with Crippen molar-refractivity contribution in [1.82, 2.24) is 0 Å². The number of nitrogen functional groups attached to an aromatic ring is 2. The van der Waals surface area contributed by atoms with Gasteiger partial charge < -0.3 is 11.5 Å². The second-order valence-corrected chi connectivity index (χ2v) is 14.3. The van der Waals surface area contributed by atoms with Gasteiger partial charge in [0.1, 0.15) is 33.1 Å². The maximum atomic E-state index is 12.5. The second-order valence-electron chi connectivity index (χ2n) is 8.33. The maximum Gasteiger partial charge on any atom is 0.397 e. The smallest absolute Gasteiger partial charge is 0.396 e. The number of sulfone groups is 1. The Balaban J connectivity index is 2.12. The fraction of sp³-hybridized carbons (Fsp3) is 0.0952. The van der Waals surface area contributed by atoms with Gasteiger partial charge in [0.15, 0.2) is 9.84 Å². The van der Waals surface area contributed by atoms with Crippen molar-refractivity contribution in [2.24, 2.45) is 20.5 Å². The average molecular weight is 693 g/mol. The number of anilines is 2. The average Bonchev–Trinajstić information content (AvgIpc) is 2.90. The first-order chi connectivity index (χ1) is 20.2. The minimum Gasteiger partial charge on any atom is -0.396 e. The molecule has 23 heteroatoms. The largest absolute Gasteiger partial charge is 0.397 e. The summed E-state index contributed by atoms with van der Waals surface area (Å²) >= 11 is 0. The van der Waals surface area contributed by atoms with Gasteiger partial charge in [-0.15, -0.1) is 15.3 Å². The number of rotatable bonds is 12. The molecule has 0 saturated heterocycles. The molecule has 0 aliphatic carbocycles. The van der Waals surface area contributed by atoms with Gasteiger partial charge in [0.05, 0.1) is 34.3 Å². The number of azo groups is 2. The van der Waals surface area contributed by atoms with Crippen LogP contribution in [0, 0.1) is 0 Å². The Labute approximate surface area is 249 Å². The van der Waals surface area contributed by atoms with Crippen LogP contribution in [0.5, 0.6) is 0 Å². The van der Waals surface area contributed by atoms with Gasteiger partial charge in [0.2, 0.25) is 0 Å². The standard InChI is InChI=1S/C21H20N6O13S4/c22-19-16(26-24-13-3-1-2-12(8-13)11-28)10-18(43(34,35)36)20(23)21(19)27-25-15-5-4-14(9-17(15)42(31,32)33)41(29,30)7-6-40-44(37,38)39/h1-5,8-11H,6-7,22-23H2,(H,31,32,33)(H,34,35,36)(H,37,38,39)/b26-24+,27-25+. The summed E-state index contributed by atoms with van der Waals surface area (Å²) in [6, 6.07) is 8.50. The molecule has 0 saturated carbocycles. The van der Waals surface area contributed by atoms with E-state index in [-0.39, 0.29) is 11.3 Å². The van der Waals surface area contributed by atoms with E-state index < -0.39 is 96.0 Å². The number of carbonyl (C=O) groups excluding carboxylic acids is 1. The van der Waals surface area contributed by atoms with Crippen molar-refractivity contribution in [2.45, 2.75) is 14.7 Å². The molecule has 0 atom stereocenters. The maximum absolute atomic E-state index is 12.5. The predicted molar refractivity (Wildman–Crippen MR) is 151 cm³/mol. The van der Waals surface area contributed by atoms with Gasteiger partial charge in [-0.2, -0.15) is 30.4 Å². The van der Waals surface area contributed by atoms with Crippen LogP contribution in [0.15, 0.2) is 83.7 Å². The highest BCUT2D eigenvalue weighted by Gasteiger charge is 2.25. The van der Waals surface area contributed by atoms with Crippen LogP contribution in [0.3, 0.4) is 0 Å². The van der Waals surface area contributed by atoms with Crippen LogP contribution < -0.4 is 11.5 Å². The molecule has 0 spiro atoms. The quantitative estimate of drug-likeness (QED) is 0.0788. The number of aldehydes is 1. The van der Waals surface area contributed by atoms with E-state index in [1.54, 1.807) is 0 Å². The van der Waals surface area contributed by atoms with Crippen LogP contribution in [-0.4, -0.2) is 66.0 Å². The van der Waals surface area contributed by atoms with Crippen LogP contribution in [0.2, 0.25) is 0 Å². The molecule has 0 aromatic heterocycles. The number of nitrogens with zero attached hydrogens (tertiary/aromatic N) is 4. The van der Waals surface area contributed by atoms with E-state index in [4.69, 9.17) is 16.0 Å². The zero-order valence-corrected chi connectivity index (χ0v) is 24.9. The minimum absolute atomic E-state index is 0.139. The molecular weight excluding hydrogens is 673 g/mol. The molecule has 44 heavy (non-hydrogen) atoms. The first-order valence-corrected chi connectivity index (χ1v) is 17.2. The number of hydrogen-bond acceptors (Lipinski definition) is 16. The summed E-state index contributed by atoms with van der Waals surface area (Å²) in [4.78, 5) is 8.20. The van der Waals surface area contributed by atoms with E-state index in [2.05, 4.69) is 24.6 Å². The van der Waals surface area contributed by atoms with Crippen molar-refractivity contribution in [2.75, 3.05) is 23.8 Å². The lowest BCUT2D eigenvalue weighted by atomic mass is 10.2. The highest BCUT2D eigenvalue weighted by molar-refractivity contribution is 7.91. The van der Waals surface area contributed by atoms with Crippen molar-refractivity contribution in [3.05, 3.63) is 54.1 Å². The molecule has 0 radical (unpaired) electrons. The summed E-state index contributed by atoms with van der Waals surface area (Å²) in [5, 5.41) is 14.9. The molecule has 3 rings (SSSR count). The number of hydrogen-bond donors (Lipinski definition) is 5. The topological polar surface area (TPSA) is 325 Å². The van der Waals surface area contributed by atoms with Crippen molar-refractivity contribution in [3.63, 3.8) is 0 Å². The van der Waals surface area contributed by atoms with Crippen LogP contribution in [0.25, 0.3) is 0 Å². The third-order valence-corrected chi connectivity index (χ3v) is 9.20. The molecule has 3 aromatic rings. The van der Waals surface area contributed by atoms with Crippen LogP contribution in [-0.2, 0) is 44.7 Å². The van der Waals surface area contributed by atoms with Gasteiger partial charge in [-0.05, 0) is 36.4 Å². The number of benzene rings is 3. The molecule has 0 heterocycles. The van der Waals surface area contributed by atoms with Gasteiger partial charge in [-0.1, -0.05) is 12.1 Å². The number of nitrogens with two attached hydrogens (primary N) is 2. The molecule has 236 valence electrons. The Morgan fingerprint density at radius 2 is 1.36 bits per heavy atom. The second kappa shape index (κ2) is 12.8. The van der Waals surface area contributed by atoms with Crippen molar-refractivity contribution >= 4 is 80.9 Å². The van der Waals surface area contributed by atoms with Gasteiger partial charge in [0.25, 0.3) is 20.2 Å². The van der Waals surface area contributed by atoms with E-state index in [0.29, 0.717) is 12.4 Å². The molecule has 7 N–H and O–H groups in total. The van der Waals surface area contributed by atoms with E-state index in [1.165, 1.54) is 24.3 Å². The summed E-state index contributed by atoms with van der Waals surface area (Å²) in [7, 11) is -19.7. The Morgan fingerprint density at radius 3 is 1.95 bits per heavy atom. The molecule has 3 aromatic carbocycles. The lowest BCUT2D eigenvalue weighted by Crippen LogP contribution is -2.16. The molecule has 0 aliphatic heterocycles. The Kier molecular flexibility index (Phi) is 9.96. The third kappa shape index (κ3) is 8.66. The summed E-state index contributed by atoms with van der Waals surface area (Å²) in [5.74, 6) is -1.04. The van der Waals surface area contributed by atoms with E-state index >= 15 is 0 Å². The van der Waals surface area contributed by atoms with Gasteiger partial charge >= 0.3 is 10.4 Å². The predicted octanol–water partition coefficient (Wildman–Crippen LogP) is 2.58. The molecule has 19 nitrogen and oxygen atoms in total. The van der Waals surface area contributed by atoms with E-state index in [1.807, 2.05) is 0 Å². The summed E-state index contributed by atoms with van der Waals surface area (Å²) in [5.41, 5.74) is 9.22. The summed E-state index contributed by atoms with van der Waals surface area (Å²) < 4.78 is 126. The Bertz CT molecular complexity index is 2130. The van der Waals surface area contributed by atoms with Crippen LogP contribution in [0.4, 0.5) is 34.1 Å². The van der Waals surface area contributed by atoms with Crippen LogP contribution in [0.1, 0.15) is 10.4 Å². The first kappa shape index (κ1) is 34.3. The fourth-order valence-electron chi connectivity index (χ4n) is 3.29. The fourth-order valence-corrected chi connectivity index (χ4v) is 6.16.